The van der Waals surface area contributed by atoms with Crippen molar-refractivity contribution in [3.05, 3.63) is 76.9 Å². The number of methoxy groups -OCH3 is 1. The summed E-state index contributed by atoms with van der Waals surface area (Å²) in [4.78, 5) is 30.7. The van der Waals surface area contributed by atoms with Crippen LogP contribution in [0.15, 0.2) is 60.7 Å². The number of piperazine rings is 1. The van der Waals surface area contributed by atoms with E-state index in [2.05, 4.69) is 0 Å². The van der Waals surface area contributed by atoms with Gasteiger partial charge in [0.05, 0.1) is 12.0 Å². The molecule has 1 aromatic heterocycles. The molecule has 2 heterocycles. The number of thiophene rings is 1. The molecular weight excluding hydrogens is 403 g/mol. The Kier molecular flexibility index (Phi) is 5.81. The van der Waals surface area contributed by atoms with Crippen LogP contribution in [0.4, 0.5) is 4.39 Å². The first kappa shape index (κ1) is 20.1. The maximum atomic E-state index is 13.1. The van der Waals surface area contributed by atoms with Gasteiger partial charge in [-0.25, -0.2) is 4.39 Å². The summed E-state index contributed by atoms with van der Waals surface area (Å²) in [7, 11) is 1.59. The molecule has 0 saturated carbocycles. The topological polar surface area (TPSA) is 49.9 Å². The van der Waals surface area contributed by atoms with Gasteiger partial charge in [0, 0.05) is 36.6 Å². The molecule has 0 atom stereocenters. The van der Waals surface area contributed by atoms with Crippen molar-refractivity contribution in [1.29, 1.82) is 0 Å². The van der Waals surface area contributed by atoms with Crippen LogP contribution in [0.25, 0.3) is 10.4 Å². The largest absolute Gasteiger partial charge is 0.497 e. The van der Waals surface area contributed by atoms with E-state index in [0.717, 1.165) is 10.4 Å². The van der Waals surface area contributed by atoms with Gasteiger partial charge in [0.25, 0.3) is 11.8 Å². The van der Waals surface area contributed by atoms with Crippen molar-refractivity contribution in [3.63, 3.8) is 0 Å². The second-order valence-corrected chi connectivity index (χ2v) is 8.07. The van der Waals surface area contributed by atoms with E-state index in [1.54, 1.807) is 59.4 Å². The van der Waals surface area contributed by atoms with Crippen molar-refractivity contribution in [2.45, 2.75) is 0 Å². The highest BCUT2D eigenvalue weighted by Crippen LogP contribution is 2.29. The van der Waals surface area contributed by atoms with Crippen molar-refractivity contribution in [3.8, 4) is 16.2 Å². The molecule has 2 amide bonds. The number of carbonyl (C=O) groups is 2. The highest BCUT2D eigenvalue weighted by molar-refractivity contribution is 7.17. The molecule has 154 valence electrons. The molecule has 0 N–H and O–H groups in total. The number of rotatable bonds is 4. The molecule has 0 bridgehead atoms. The lowest BCUT2D eigenvalue weighted by Gasteiger charge is -2.34. The van der Waals surface area contributed by atoms with Crippen LogP contribution in [0.3, 0.4) is 0 Å². The Balaban J connectivity index is 1.37. The molecule has 0 aliphatic carbocycles. The molecule has 7 heteroatoms. The van der Waals surface area contributed by atoms with Crippen LogP contribution in [-0.2, 0) is 0 Å². The van der Waals surface area contributed by atoms with Crippen LogP contribution in [0.5, 0.6) is 5.75 Å². The second kappa shape index (κ2) is 8.67. The number of hydrogen-bond donors (Lipinski definition) is 0. The molecule has 0 unspecified atom stereocenters. The summed E-state index contributed by atoms with van der Waals surface area (Å²) in [5.74, 6) is 0.343. The highest BCUT2D eigenvalue weighted by Gasteiger charge is 2.26. The van der Waals surface area contributed by atoms with E-state index in [-0.39, 0.29) is 17.6 Å². The number of amides is 2. The van der Waals surface area contributed by atoms with Crippen LogP contribution >= 0.6 is 11.3 Å². The molecule has 1 aliphatic rings. The van der Waals surface area contributed by atoms with Gasteiger partial charge in [-0.1, -0.05) is 12.1 Å². The molecule has 2 aromatic carbocycles. The molecule has 4 rings (SSSR count). The first-order chi connectivity index (χ1) is 14.5. The fraction of sp³-hybridized carbons (Fsp3) is 0.217. The zero-order chi connectivity index (χ0) is 21.1. The van der Waals surface area contributed by atoms with Gasteiger partial charge in [-0.3, -0.25) is 9.59 Å². The first-order valence-electron chi connectivity index (χ1n) is 9.63. The number of benzene rings is 2. The van der Waals surface area contributed by atoms with Gasteiger partial charge in [0.15, 0.2) is 0 Å². The average molecular weight is 424 g/mol. The smallest absolute Gasteiger partial charge is 0.264 e. The molecular formula is C23H21FN2O3S. The van der Waals surface area contributed by atoms with Crippen LogP contribution < -0.4 is 4.74 Å². The lowest BCUT2D eigenvalue weighted by atomic mass is 10.1. The standard InChI is InChI=1S/C23H21FN2O3S/c1-29-19-8-4-17(5-9-19)22(27)25-12-14-26(15-13-25)23(28)21-11-10-20(30-21)16-2-6-18(24)7-3-16/h2-11H,12-15H2,1H3. The number of hydrogen-bond acceptors (Lipinski definition) is 4. The maximum Gasteiger partial charge on any atom is 0.264 e. The predicted octanol–water partition coefficient (Wildman–Crippen LogP) is 4.16. The number of ether oxygens (including phenoxy) is 1. The minimum absolute atomic E-state index is 0.0371. The maximum absolute atomic E-state index is 13.1. The first-order valence-corrected chi connectivity index (χ1v) is 10.4. The Morgan fingerprint density at radius 2 is 1.43 bits per heavy atom. The Bertz CT molecular complexity index is 1040. The van der Waals surface area contributed by atoms with Gasteiger partial charge < -0.3 is 14.5 Å². The number of halogens is 1. The van der Waals surface area contributed by atoms with Gasteiger partial charge in [-0.05, 0) is 54.1 Å². The van der Waals surface area contributed by atoms with Crippen molar-refractivity contribution in [1.82, 2.24) is 9.80 Å². The third-order valence-electron chi connectivity index (χ3n) is 5.14. The fourth-order valence-corrected chi connectivity index (χ4v) is 4.39. The molecule has 1 aliphatic heterocycles. The van der Waals surface area contributed by atoms with Crippen molar-refractivity contribution < 1.29 is 18.7 Å². The minimum atomic E-state index is -0.284. The van der Waals surface area contributed by atoms with Gasteiger partial charge >= 0.3 is 0 Å². The van der Waals surface area contributed by atoms with Gasteiger partial charge in [0.1, 0.15) is 11.6 Å². The summed E-state index contributed by atoms with van der Waals surface area (Å²) >= 11 is 1.39. The van der Waals surface area contributed by atoms with Crippen molar-refractivity contribution in [2.75, 3.05) is 33.3 Å². The second-order valence-electron chi connectivity index (χ2n) is 6.98. The highest BCUT2D eigenvalue weighted by atomic mass is 32.1. The lowest BCUT2D eigenvalue weighted by molar-refractivity contribution is 0.0538. The lowest BCUT2D eigenvalue weighted by Crippen LogP contribution is -2.50. The monoisotopic (exact) mass is 424 g/mol. The van der Waals surface area contributed by atoms with E-state index in [4.69, 9.17) is 4.74 Å². The average Bonchev–Trinajstić information content (AvgIpc) is 3.29. The van der Waals surface area contributed by atoms with Crippen LogP contribution in [-0.4, -0.2) is 54.9 Å². The number of nitrogens with zero attached hydrogens (tertiary/aromatic N) is 2. The zero-order valence-electron chi connectivity index (χ0n) is 16.5. The summed E-state index contributed by atoms with van der Waals surface area (Å²) in [6, 6.07) is 17.0. The van der Waals surface area contributed by atoms with Crippen LogP contribution in [0.1, 0.15) is 20.0 Å². The fourth-order valence-electron chi connectivity index (χ4n) is 3.41. The summed E-state index contributed by atoms with van der Waals surface area (Å²) in [6.07, 6.45) is 0. The summed E-state index contributed by atoms with van der Waals surface area (Å²) in [6.45, 7) is 1.97. The predicted molar refractivity (Wildman–Crippen MR) is 115 cm³/mol. The molecule has 1 saturated heterocycles. The van der Waals surface area contributed by atoms with Crippen LogP contribution in [0, 0.1) is 5.82 Å². The van der Waals surface area contributed by atoms with E-state index >= 15 is 0 Å². The molecule has 0 spiro atoms. The minimum Gasteiger partial charge on any atom is -0.497 e. The zero-order valence-corrected chi connectivity index (χ0v) is 17.3. The third-order valence-corrected chi connectivity index (χ3v) is 6.26. The Hall–Kier alpha value is -3.19. The van der Waals surface area contributed by atoms with Crippen molar-refractivity contribution in [2.24, 2.45) is 0 Å². The van der Waals surface area contributed by atoms with Gasteiger partial charge in [-0.15, -0.1) is 11.3 Å². The van der Waals surface area contributed by atoms with E-state index in [9.17, 15) is 14.0 Å². The Morgan fingerprint density at radius 1 is 0.833 bits per heavy atom. The quantitative estimate of drug-likeness (QED) is 0.632. The van der Waals surface area contributed by atoms with E-state index in [1.807, 2.05) is 6.07 Å². The SMILES string of the molecule is COc1ccc(C(=O)N2CCN(C(=O)c3ccc(-c4ccc(F)cc4)s3)CC2)cc1. The Morgan fingerprint density at radius 3 is 2.03 bits per heavy atom. The van der Waals surface area contributed by atoms with E-state index in [0.29, 0.717) is 42.4 Å². The normalized spacial score (nSPS) is 13.9. The molecule has 1 fully saturated rings. The van der Waals surface area contributed by atoms with E-state index < -0.39 is 0 Å². The summed E-state index contributed by atoms with van der Waals surface area (Å²) in [5.41, 5.74) is 1.49. The Labute approximate surface area is 178 Å². The molecule has 30 heavy (non-hydrogen) atoms. The van der Waals surface area contributed by atoms with Gasteiger partial charge in [0.2, 0.25) is 0 Å². The van der Waals surface area contributed by atoms with Gasteiger partial charge in [-0.2, -0.15) is 0 Å². The van der Waals surface area contributed by atoms with Crippen molar-refractivity contribution >= 4 is 23.2 Å². The summed E-state index contributed by atoms with van der Waals surface area (Å²) in [5, 5.41) is 0. The number of carbonyl (C=O) groups excluding carboxylic acids is 2. The molecule has 0 radical (unpaired) electrons. The molecule has 3 aromatic rings. The summed E-state index contributed by atoms with van der Waals surface area (Å²) < 4.78 is 18.2. The molecule has 5 nitrogen and oxygen atoms in total. The third kappa shape index (κ3) is 4.21. The van der Waals surface area contributed by atoms with Crippen LogP contribution in [0.2, 0.25) is 0 Å². The van der Waals surface area contributed by atoms with E-state index in [1.165, 1.54) is 23.5 Å².